The number of amides is 1. The van der Waals surface area contributed by atoms with E-state index in [1.54, 1.807) is 25.6 Å². The molecule has 0 unspecified atom stereocenters. The van der Waals surface area contributed by atoms with E-state index in [1.165, 1.54) is 0 Å². The van der Waals surface area contributed by atoms with Crippen LogP contribution in [-0.4, -0.2) is 39.4 Å². The average molecular weight is 447 g/mol. The summed E-state index contributed by atoms with van der Waals surface area (Å²) in [7, 11) is 1.63. The Balaban J connectivity index is 0.00000289. The fourth-order valence-corrected chi connectivity index (χ4v) is 3.53. The molecule has 1 atom stereocenters. The normalized spacial score (nSPS) is 11.5. The van der Waals surface area contributed by atoms with Crippen LogP contribution in [0.2, 0.25) is 0 Å². The molecule has 0 aliphatic heterocycles. The zero-order chi connectivity index (χ0) is 21.8. The molecule has 2 N–H and O–H groups in total. The number of nitrogens with one attached hydrogen (secondary N) is 2. The summed E-state index contributed by atoms with van der Waals surface area (Å²) in [5.74, 6) is 0.779. The Kier molecular flexibility index (Phi) is 7.37. The van der Waals surface area contributed by atoms with Crippen molar-refractivity contribution >= 4 is 36.1 Å². The molecule has 0 saturated heterocycles. The number of hydrogen-bond donors (Lipinski definition) is 2. The van der Waals surface area contributed by atoms with Crippen LogP contribution in [-0.2, 0) is 0 Å². The van der Waals surface area contributed by atoms with Crippen LogP contribution in [0.5, 0.6) is 0 Å². The summed E-state index contributed by atoms with van der Waals surface area (Å²) in [6, 6.07) is 13.6. The van der Waals surface area contributed by atoms with Crippen molar-refractivity contribution in [3.8, 4) is 11.3 Å². The Labute approximate surface area is 194 Å². The van der Waals surface area contributed by atoms with Gasteiger partial charge in [0, 0.05) is 54.6 Å². The summed E-state index contributed by atoms with van der Waals surface area (Å²) in [6.45, 7) is 4.74. The number of carbonyl (C=O) groups is 1. The van der Waals surface area contributed by atoms with E-state index in [0.29, 0.717) is 12.1 Å². The summed E-state index contributed by atoms with van der Waals surface area (Å²) < 4.78 is 0. The number of nitrogens with zero attached hydrogens (tertiary/aromatic N) is 4. The first-order chi connectivity index (χ1) is 15.1. The summed E-state index contributed by atoms with van der Waals surface area (Å²) in [5.41, 5.74) is 5.28. The molecular weight excluding hydrogens is 420 g/mol. The van der Waals surface area contributed by atoms with Crippen LogP contribution in [0, 0.1) is 6.92 Å². The second-order valence-corrected chi connectivity index (χ2v) is 7.44. The number of aryl methyl sites for hydroxylation is 1. The molecule has 4 aromatic rings. The van der Waals surface area contributed by atoms with Gasteiger partial charge in [0.05, 0.1) is 16.8 Å². The Hall–Kier alpha value is -3.52. The van der Waals surface area contributed by atoms with Gasteiger partial charge in [-0.25, -0.2) is 9.97 Å². The van der Waals surface area contributed by atoms with E-state index in [-0.39, 0.29) is 25.3 Å². The average Bonchev–Trinajstić information content (AvgIpc) is 2.82. The smallest absolute Gasteiger partial charge is 0.251 e. The lowest BCUT2D eigenvalue weighted by Gasteiger charge is -2.16. The van der Waals surface area contributed by atoms with E-state index in [4.69, 9.17) is 0 Å². The Morgan fingerprint density at radius 1 is 1.06 bits per heavy atom. The molecule has 32 heavy (non-hydrogen) atoms. The highest BCUT2D eigenvalue weighted by Gasteiger charge is 2.15. The lowest BCUT2D eigenvalue weighted by Crippen LogP contribution is -2.18. The van der Waals surface area contributed by atoms with Gasteiger partial charge in [-0.2, -0.15) is 13.5 Å². The van der Waals surface area contributed by atoms with E-state index >= 15 is 0 Å². The molecule has 3 heterocycles. The van der Waals surface area contributed by atoms with Crippen molar-refractivity contribution in [3.05, 3.63) is 78.0 Å². The van der Waals surface area contributed by atoms with Gasteiger partial charge in [-0.3, -0.25) is 14.8 Å². The van der Waals surface area contributed by atoms with Crippen LogP contribution in [0.25, 0.3) is 22.2 Å². The molecule has 0 aliphatic carbocycles. The monoisotopic (exact) mass is 446 g/mol. The van der Waals surface area contributed by atoms with Crippen molar-refractivity contribution in [1.29, 1.82) is 0 Å². The van der Waals surface area contributed by atoms with Crippen molar-refractivity contribution in [2.45, 2.75) is 19.8 Å². The van der Waals surface area contributed by atoms with Gasteiger partial charge in [0.2, 0.25) is 0 Å². The second-order valence-electron chi connectivity index (χ2n) is 7.44. The van der Waals surface area contributed by atoms with Gasteiger partial charge in [0.25, 0.3) is 5.91 Å². The molecule has 0 spiro atoms. The quantitative estimate of drug-likeness (QED) is 0.464. The van der Waals surface area contributed by atoms with Gasteiger partial charge in [-0.15, -0.1) is 0 Å². The Morgan fingerprint density at radius 2 is 1.91 bits per heavy atom. The van der Waals surface area contributed by atoms with E-state index in [9.17, 15) is 4.79 Å². The minimum atomic E-state index is -0.116. The number of pyridine rings is 2. The van der Waals surface area contributed by atoms with Crippen molar-refractivity contribution in [2.24, 2.45) is 0 Å². The van der Waals surface area contributed by atoms with Crippen LogP contribution < -0.4 is 10.6 Å². The van der Waals surface area contributed by atoms with Crippen LogP contribution in [0.15, 0.2) is 61.2 Å². The third-order valence-electron chi connectivity index (χ3n) is 5.27. The fourth-order valence-electron chi connectivity index (χ4n) is 3.53. The van der Waals surface area contributed by atoms with E-state index in [1.807, 2.05) is 43.5 Å². The van der Waals surface area contributed by atoms with Gasteiger partial charge in [-0.1, -0.05) is 25.1 Å². The maximum atomic E-state index is 12.2. The lowest BCUT2D eigenvalue weighted by molar-refractivity contribution is 0.0964. The molecule has 3 aromatic heterocycles. The predicted octanol–water partition coefficient (Wildman–Crippen LogP) is 4.08. The van der Waals surface area contributed by atoms with Crippen molar-refractivity contribution in [3.63, 3.8) is 0 Å². The van der Waals surface area contributed by atoms with Gasteiger partial charge in [-0.05, 0) is 30.7 Å². The molecule has 8 heteroatoms. The molecule has 0 fully saturated rings. The second kappa shape index (κ2) is 10.2. The molecule has 0 bridgehead atoms. The number of aromatic nitrogens is 4. The molecule has 1 amide bonds. The predicted molar refractivity (Wildman–Crippen MR) is 132 cm³/mol. The number of hydrogen-bond acceptors (Lipinski definition) is 6. The maximum Gasteiger partial charge on any atom is 0.251 e. The van der Waals surface area contributed by atoms with Gasteiger partial charge < -0.3 is 10.6 Å². The van der Waals surface area contributed by atoms with Gasteiger partial charge in [0.1, 0.15) is 12.1 Å². The van der Waals surface area contributed by atoms with Gasteiger partial charge >= 0.3 is 0 Å². The van der Waals surface area contributed by atoms with Crippen molar-refractivity contribution in [2.75, 3.05) is 18.9 Å². The van der Waals surface area contributed by atoms with Crippen LogP contribution >= 0.6 is 13.5 Å². The first kappa shape index (κ1) is 23.1. The van der Waals surface area contributed by atoms with Gasteiger partial charge in [0.15, 0.2) is 0 Å². The van der Waals surface area contributed by atoms with Crippen molar-refractivity contribution < 1.29 is 4.79 Å². The number of carbonyl (C=O) groups excluding carboxylic acids is 1. The van der Waals surface area contributed by atoms with Crippen LogP contribution in [0.1, 0.15) is 34.5 Å². The topological polar surface area (TPSA) is 92.7 Å². The Morgan fingerprint density at radius 3 is 2.66 bits per heavy atom. The van der Waals surface area contributed by atoms with E-state index in [2.05, 4.69) is 43.6 Å². The zero-order valence-corrected chi connectivity index (χ0v) is 19.3. The molecule has 7 nitrogen and oxygen atoms in total. The highest BCUT2D eigenvalue weighted by Crippen LogP contribution is 2.27. The Bertz CT molecular complexity index is 1230. The summed E-state index contributed by atoms with van der Waals surface area (Å²) in [6.07, 6.45) is 5.05. The highest BCUT2D eigenvalue weighted by molar-refractivity contribution is 7.59. The van der Waals surface area contributed by atoms with E-state index < -0.39 is 0 Å². The number of anilines is 1. The molecular formula is C24H26N6OS. The van der Waals surface area contributed by atoms with Crippen LogP contribution in [0.3, 0.4) is 0 Å². The first-order valence-electron chi connectivity index (χ1n) is 10.2. The summed E-state index contributed by atoms with van der Waals surface area (Å²) in [5, 5.41) is 6.94. The van der Waals surface area contributed by atoms with Crippen LogP contribution in [0.4, 0.5) is 5.82 Å². The number of benzene rings is 1. The number of rotatable bonds is 6. The molecule has 0 saturated carbocycles. The molecule has 164 valence electrons. The lowest BCUT2D eigenvalue weighted by atomic mass is 9.96. The van der Waals surface area contributed by atoms with Crippen molar-refractivity contribution in [1.82, 2.24) is 25.3 Å². The molecule has 0 radical (unpaired) electrons. The number of para-hydroxylation sites is 1. The molecule has 0 aliphatic rings. The molecule has 4 rings (SSSR count). The van der Waals surface area contributed by atoms with E-state index in [0.717, 1.165) is 39.2 Å². The minimum Gasteiger partial charge on any atom is -0.369 e. The fraction of sp³-hybridized carbons (Fsp3) is 0.208. The third-order valence-corrected chi connectivity index (χ3v) is 5.27. The largest absolute Gasteiger partial charge is 0.369 e. The zero-order valence-electron chi connectivity index (χ0n) is 18.3. The number of fused-ring (bicyclic) bond motifs is 1. The minimum absolute atomic E-state index is 0. The summed E-state index contributed by atoms with van der Waals surface area (Å²) in [4.78, 5) is 29.8. The molecule has 1 aromatic carbocycles. The first-order valence-corrected chi connectivity index (χ1v) is 10.2. The maximum absolute atomic E-state index is 12.2. The highest BCUT2D eigenvalue weighted by atomic mass is 32.1. The summed E-state index contributed by atoms with van der Waals surface area (Å²) >= 11 is 0. The SMILES string of the molecule is CNC(=O)c1ccnc2c([C@H](C)CNc3cc(-c4ccc(C)nc4)ncn3)cccc12.S. The standard InChI is InChI=1S/C24H24N6O.H2S/c1-15(18-5-4-6-19-20(24(31)25-3)9-10-26-23(18)19)12-28-22-11-21(29-14-30-22)17-8-7-16(2)27-13-17;/h4-11,13-15H,12H2,1-3H3,(H,25,31)(H,28,29,30);1H2/t15-;/m1./s1. The third kappa shape index (κ3) is 4.86.